The normalized spacial score (nSPS) is 20.4. The van der Waals surface area contributed by atoms with Crippen LogP contribution in [0.4, 0.5) is 0 Å². The Labute approximate surface area is 387 Å². The molecule has 0 aromatic heterocycles. The maximum Gasteiger partial charge on any atom is 0.220 e. The molecule has 1 aliphatic rings. The predicted molar refractivity (Wildman–Crippen MR) is 263 cm³/mol. The Balaban J connectivity index is 2.25. The Bertz CT molecular complexity index is 1080. The number of allylic oxidation sites excluding steroid dienone is 5. The SMILES string of the molecule is CCCCCCCCCCC/C=C/CC/C=C/C(O)C(COC1OC(CO)C(O)C(O)C1O)NC(=O)CCCCCCCCCCC/C=C\CCCCCCCCCCCCCC. The average molecular weight is 892 g/mol. The number of aliphatic hydroxyl groups excluding tert-OH is 5. The second kappa shape index (κ2) is 44.3. The molecular weight excluding hydrogens is 791 g/mol. The van der Waals surface area contributed by atoms with Gasteiger partial charge in [-0.25, -0.2) is 0 Å². The number of ether oxygens (including phenoxy) is 2. The molecule has 1 heterocycles. The first-order valence-electron chi connectivity index (χ1n) is 26.7. The zero-order chi connectivity index (χ0) is 45.9. The van der Waals surface area contributed by atoms with Crippen LogP contribution in [0.1, 0.15) is 245 Å². The molecule has 0 aromatic carbocycles. The van der Waals surface area contributed by atoms with Gasteiger partial charge in [0.15, 0.2) is 6.29 Å². The van der Waals surface area contributed by atoms with Crippen molar-refractivity contribution in [2.45, 2.75) is 288 Å². The van der Waals surface area contributed by atoms with E-state index in [0.717, 1.165) is 38.5 Å². The van der Waals surface area contributed by atoms with E-state index in [1.807, 2.05) is 6.08 Å². The molecule has 1 saturated heterocycles. The van der Waals surface area contributed by atoms with E-state index in [-0.39, 0.29) is 12.5 Å². The lowest BCUT2D eigenvalue weighted by Crippen LogP contribution is -2.60. The summed E-state index contributed by atoms with van der Waals surface area (Å²) < 4.78 is 11.2. The maximum atomic E-state index is 13.0. The second-order valence-corrected chi connectivity index (χ2v) is 18.7. The van der Waals surface area contributed by atoms with Crippen LogP contribution < -0.4 is 5.32 Å². The summed E-state index contributed by atoms with van der Waals surface area (Å²) in [4.78, 5) is 13.0. The van der Waals surface area contributed by atoms with Crippen LogP contribution in [0.25, 0.3) is 0 Å². The molecule has 1 aliphatic heterocycles. The molecule has 0 bridgehead atoms. The Kier molecular flexibility index (Phi) is 41.7. The number of hydrogen-bond donors (Lipinski definition) is 6. The summed E-state index contributed by atoms with van der Waals surface area (Å²) in [6, 6.07) is -0.821. The van der Waals surface area contributed by atoms with Gasteiger partial charge in [-0.2, -0.15) is 0 Å². The van der Waals surface area contributed by atoms with Gasteiger partial charge >= 0.3 is 0 Å². The highest BCUT2D eigenvalue weighted by Gasteiger charge is 2.44. The van der Waals surface area contributed by atoms with Crippen molar-refractivity contribution < 1.29 is 39.8 Å². The van der Waals surface area contributed by atoms with E-state index in [2.05, 4.69) is 43.5 Å². The predicted octanol–water partition coefficient (Wildman–Crippen LogP) is 12.4. The summed E-state index contributed by atoms with van der Waals surface area (Å²) in [6.45, 7) is 3.77. The van der Waals surface area contributed by atoms with Crippen molar-refractivity contribution in [3.8, 4) is 0 Å². The Morgan fingerprint density at radius 2 is 0.905 bits per heavy atom. The third-order valence-electron chi connectivity index (χ3n) is 12.7. The highest BCUT2D eigenvalue weighted by Crippen LogP contribution is 2.23. The summed E-state index contributed by atoms with van der Waals surface area (Å²) in [7, 11) is 0. The van der Waals surface area contributed by atoms with Crippen LogP contribution in [-0.2, 0) is 14.3 Å². The van der Waals surface area contributed by atoms with E-state index in [0.29, 0.717) is 6.42 Å². The molecule has 63 heavy (non-hydrogen) atoms. The monoisotopic (exact) mass is 892 g/mol. The van der Waals surface area contributed by atoms with Crippen LogP contribution in [-0.4, -0.2) is 87.5 Å². The molecule has 370 valence electrons. The van der Waals surface area contributed by atoms with E-state index in [4.69, 9.17) is 9.47 Å². The largest absolute Gasteiger partial charge is 0.394 e. The van der Waals surface area contributed by atoms with Crippen molar-refractivity contribution in [1.82, 2.24) is 5.32 Å². The van der Waals surface area contributed by atoms with Crippen LogP contribution in [0.15, 0.2) is 36.5 Å². The molecular formula is C54H101NO8. The van der Waals surface area contributed by atoms with Crippen LogP contribution in [0.5, 0.6) is 0 Å². The van der Waals surface area contributed by atoms with Gasteiger partial charge in [-0.05, 0) is 57.8 Å². The first-order chi connectivity index (χ1) is 30.8. The summed E-state index contributed by atoms with van der Waals surface area (Å²) in [5, 5.41) is 54.3. The number of amides is 1. The highest BCUT2D eigenvalue weighted by atomic mass is 16.7. The van der Waals surface area contributed by atoms with Crippen LogP contribution in [0, 0.1) is 0 Å². The molecule has 0 aliphatic carbocycles. The van der Waals surface area contributed by atoms with Gasteiger partial charge < -0.3 is 40.3 Å². The van der Waals surface area contributed by atoms with E-state index in [1.54, 1.807) is 6.08 Å². The van der Waals surface area contributed by atoms with Crippen molar-refractivity contribution >= 4 is 5.91 Å². The van der Waals surface area contributed by atoms with Gasteiger partial charge in [-0.15, -0.1) is 0 Å². The minimum Gasteiger partial charge on any atom is -0.394 e. The fourth-order valence-corrected chi connectivity index (χ4v) is 8.40. The van der Waals surface area contributed by atoms with E-state index >= 15 is 0 Å². The van der Waals surface area contributed by atoms with Crippen LogP contribution in [0.2, 0.25) is 0 Å². The van der Waals surface area contributed by atoms with Crippen LogP contribution in [0.3, 0.4) is 0 Å². The van der Waals surface area contributed by atoms with Gasteiger partial charge in [0.1, 0.15) is 24.4 Å². The van der Waals surface area contributed by atoms with Crippen molar-refractivity contribution in [2.75, 3.05) is 13.2 Å². The van der Waals surface area contributed by atoms with Crippen molar-refractivity contribution in [1.29, 1.82) is 0 Å². The first kappa shape index (κ1) is 59.4. The number of carbonyl (C=O) groups is 1. The standard InChI is InChI=1S/C54H101NO8/c1-3-5-7-9-11-13-15-17-19-20-21-22-23-24-25-26-27-28-30-32-34-36-38-40-42-44-50(58)55-47(46-62-54-53(61)52(60)51(59)49(45-56)63-54)48(57)43-41-39-37-35-33-31-29-18-16-14-12-10-8-6-4-2/h24-25,33,35,41,43,47-49,51-54,56-57,59-61H,3-23,26-32,34,36-40,42,44-46H2,1-2H3,(H,55,58)/b25-24-,35-33+,43-41+. The number of rotatable bonds is 45. The molecule has 0 spiro atoms. The molecule has 1 rings (SSSR count). The molecule has 9 nitrogen and oxygen atoms in total. The quantitative estimate of drug-likeness (QED) is 0.0261. The summed E-state index contributed by atoms with van der Waals surface area (Å²) in [5.74, 6) is -0.188. The van der Waals surface area contributed by atoms with E-state index < -0.39 is 49.5 Å². The zero-order valence-corrected chi connectivity index (χ0v) is 40.8. The molecule has 1 amide bonds. The van der Waals surface area contributed by atoms with E-state index in [9.17, 15) is 30.3 Å². The fraction of sp³-hybridized carbons (Fsp3) is 0.870. The summed E-state index contributed by atoms with van der Waals surface area (Å²) >= 11 is 0. The average Bonchev–Trinajstić information content (AvgIpc) is 3.28. The molecule has 7 unspecified atom stereocenters. The first-order valence-corrected chi connectivity index (χ1v) is 26.7. The molecule has 7 atom stereocenters. The molecule has 9 heteroatoms. The lowest BCUT2D eigenvalue weighted by Gasteiger charge is -2.40. The molecule has 0 aromatic rings. The highest BCUT2D eigenvalue weighted by molar-refractivity contribution is 5.76. The number of unbranched alkanes of at least 4 members (excludes halogenated alkanes) is 31. The van der Waals surface area contributed by atoms with Gasteiger partial charge in [-0.3, -0.25) is 4.79 Å². The number of aliphatic hydroxyl groups is 5. The van der Waals surface area contributed by atoms with Crippen molar-refractivity contribution in [2.24, 2.45) is 0 Å². The van der Waals surface area contributed by atoms with Gasteiger partial charge in [0.25, 0.3) is 0 Å². The van der Waals surface area contributed by atoms with E-state index in [1.165, 1.54) is 186 Å². The van der Waals surface area contributed by atoms with Gasteiger partial charge in [-0.1, -0.05) is 217 Å². The van der Waals surface area contributed by atoms with Gasteiger partial charge in [0, 0.05) is 6.42 Å². The number of hydrogen-bond acceptors (Lipinski definition) is 8. The van der Waals surface area contributed by atoms with Crippen molar-refractivity contribution in [3.05, 3.63) is 36.5 Å². The van der Waals surface area contributed by atoms with Crippen molar-refractivity contribution in [3.63, 3.8) is 0 Å². The third-order valence-corrected chi connectivity index (χ3v) is 12.7. The Morgan fingerprint density at radius 1 is 0.524 bits per heavy atom. The summed E-state index contributed by atoms with van der Waals surface area (Å²) in [5.41, 5.74) is 0. The molecule has 0 saturated carbocycles. The zero-order valence-electron chi connectivity index (χ0n) is 40.8. The molecule has 1 fully saturated rings. The van der Waals surface area contributed by atoms with Gasteiger partial charge in [0.05, 0.1) is 25.4 Å². The number of nitrogens with one attached hydrogen (secondary N) is 1. The second-order valence-electron chi connectivity index (χ2n) is 18.7. The fourth-order valence-electron chi connectivity index (χ4n) is 8.40. The smallest absolute Gasteiger partial charge is 0.220 e. The lowest BCUT2D eigenvalue weighted by atomic mass is 9.99. The lowest BCUT2D eigenvalue weighted by molar-refractivity contribution is -0.302. The molecule has 0 radical (unpaired) electrons. The molecule has 6 N–H and O–H groups in total. The minimum absolute atomic E-state index is 0.188. The topological polar surface area (TPSA) is 149 Å². The maximum absolute atomic E-state index is 13.0. The Hall–Kier alpha value is -1.59. The van der Waals surface area contributed by atoms with Crippen LogP contribution >= 0.6 is 0 Å². The summed E-state index contributed by atoms with van der Waals surface area (Å²) in [6.07, 6.45) is 49.2. The third kappa shape index (κ3) is 34.4. The van der Waals surface area contributed by atoms with Gasteiger partial charge in [0.2, 0.25) is 5.91 Å². The number of carbonyl (C=O) groups excluding carboxylic acids is 1. The Morgan fingerprint density at radius 3 is 1.33 bits per heavy atom. The minimum atomic E-state index is -1.57.